The predicted molar refractivity (Wildman–Crippen MR) is 103 cm³/mol. The van der Waals surface area contributed by atoms with E-state index in [1.165, 1.54) is 5.69 Å². The number of nitrogens with one attached hydrogen (secondary N) is 1. The van der Waals surface area contributed by atoms with Crippen LogP contribution in [0.2, 0.25) is 0 Å². The van der Waals surface area contributed by atoms with Crippen LogP contribution < -0.4 is 10.2 Å². The number of hydrogen-bond donors (Lipinski definition) is 1. The molecule has 1 N–H and O–H groups in total. The number of anilines is 1. The molecule has 0 saturated carbocycles. The summed E-state index contributed by atoms with van der Waals surface area (Å²) in [5.74, 6) is 0.0389. The minimum atomic E-state index is 0.0389. The van der Waals surface area contributed by atoms with Gasteiger partial charge in [-0.15, -0.1) is 0 Å². The number of methoxy groups -OCH3 is 1. The van der Waals surface area contributed by atoms with Crippen molar-refractivity contribution in [3.63, 3.8) is 0 Å². The molecule has 0 bridgehead atoms. The van der Waals surface area contributed by atoms with Gasteiger partial charge in [0.2, 0.25) is 0 Å². The molecular formula is C20H31N3O3. The van der Waals surface area contributed by atoms with E-state index in [1.807, 2.05) is 12.1 Å². The van der Waals surface area contributed by atoms with Crippen LogP contribution in [0.1, 0.15) is 28.8 Å². The summed E-state index contributed by atoms with van der Waals surface area (Å²) in [5, 5.41) is 3.21. The first-order valence-corrected chi connectivity index (χ1v) is 9.63. The van der Waals surface area contributed by atoms with Crippen LogP contribution in [-0.2, 0) is 9.47 Å². The summed E-state index contributed by atoms with van der Waals surface area (Å²) in [6.45, 7) is 9.21. The Bertz CT molecular complexity index is 594. The molecule has 6 nitrogen and oxygen atoms in total. The number of ether oxygens (including phenoxy) is 2. The van der Waals surface area contributed by atoms with Crippen molar-refractivity contribution < 1.29 is 14.3 Å². The molecule has 1 amide bonds. The van der Waals surface area contributed by atoms with Crippen LogP contribution in [-0.4, -0.2) is 76.5 Å². The van der Waals surface area contributed by atoms with Crippen LogP contribution in [0.25, 0.3) is 0 Å². The zero-order chi connectivity index (χ0) is 18.4. The Balaban J connectivity index is 1.53. The van der Waals surface area contributed by atoms with E-state index in [-0.39, 0.29) is 11.9 Å². The maximum Gasteiger partial charge on any atom is 0.251 e. The van der Waals surface area contributed by atoms with Gasteiger partial charge in [-0.3, -0.25) is 4.79 Å². The van der Waals surface area contributed by atoms with Crippen molar-refractivity contribution in [1.82, 2.24) is 10.2 Å². The molecule has 3 rings (SSSR count). The van der Waals surface area contributed by atoms with Crippen LogP contribution in [0.15, 0.2) is 18.2 Å². The number of likely N-dealkylation sites (tertiary alicyclic amines) is 1. The molecule has 2 fully saturated rings. The molecular weight excluding hydrogens is 330 g/mol. The monoisotopic (exact) mass is 361 g/mol. The Morgan fingerprint density at radius 3 is 2.62 bits per heavy atom. The number of benzene rings is 1. The minimum Gasteiger partial charge on any atom is -0.383 e. The number of morpholine rings is 1. The normalized spacial score (nSPS) is 19.5. The third-order valence-electron chi connectivity index (χ3n) is 5.35. The summed E-state index contributed by atoms with van der Waals surface area (Å²) < 4.78 is 10.6. The lowest BCUT2D eigenvalue weighted by Crippen LogP contribution is -2.45. The van der Waals surface area contributed by atoms with Crippen LogP contribution >= 0.6 is 0 Å². The van der Waals surface area contributed by atoms with E-state index in [1.54, 1.807) is 7.11 Å². The van der Waals surface area contributed by atoms with Gasteiger partial charge in [0.1, 0.15) is 0 Å². The Hall–Kier alpha value is -1.63. The van der Waals surface area contributed by atoms with Crippen LogP contribution in [0, 0.1) is 6.92 Å². The molecule has 0 radical (unpaired) electrons. The Labute approximate surface area is 156 Å². The molecule has 0 aliphatic carbocycles. The highest BCUT2D eigenvalue weighted by Gasteiger charge is 2.21. The fraction of sp³-hybridized carbons (Fsp3) is 0.650. The van der Waals surface area contributed by atoms with Crippen LogP contribution in [0.5, 0.6) is 0 Å². The zero-order valence-corrected chi connectivity index (χ0v) is 16.0. The third-order valence-corrected chi connectivity index (χ3v) is 5.35. The summed E-state index contributed by atoms with van der Waals surface area (Å²) in [7, 11) is 1.74. The topological polar surface area (TPSA) is 54.0 Å². The second-order valence-electron chi connectivity index (χ2n) is 7.18. The zero-order valence-electron chi connectivity index (χ0n) is 16.0. The second kappa shape index (κ2) is 9.35. The minimum absolute atomic E-state index is 0.0389. The number of amides is 1. The van der Waals surface area contributed by atoms with Gasteiger partial charge in [-0.1, -0.05) is 0 Å². The second-order valence-corrected chi connectivity index (χ2v) is 7.18. The smallest absolute Gasteiger partial charge is 0.251 e. The first kappa shape index (κ1) is 19.1. The molecule has 26 heavy (non-hydrogen) atoms. The van der Waals surface area contributed by atoms with Crippen molar-refractivity contribution in [1.29, 1.82) is 0 Å². The molecule has 2 heterocycles. The molecule has 0 aromatic heterocycles. The average molecular weight is 361 g/mol. The number of carbonyl (C=O) groups excluding carboxylic acids is 1. The van der Waals surface area contributed by atoms with Crippen molar-refractivity contribution in [2.24, 2.45) is 0 Å². The van der Waals surface area contributed by atoms with E-state index in [0.717, 1.165) is 76.5 Å². The standard InChI is InChI=1S/C20H31N3O3/c1-16-15-17(3-4-19(16)23-10-13-26-14-11-23)20(24)21-18-5-7-22(8-6-18)9-12-25-2/h3-4,15,18H,5-14H2,1-2H3,(H,21,24). The first-order valence-electron chi connectivity index (χ1n) is 9.63. The third kappa shape index (κ3) is 4.96. The molecule has 1 aromatic rings. The number of rotatable bonds is 6. The summed E-state index contributed by atoms with van der Waals surface area (Å²) in [6.07, 6.45) is 2.00. The molecule has 2 saturated heterocycles. The molecule has 2 aliphatic heterocycles. The van der Waals surface area contributed by atoms with Gasteiger partial charge < -0.3 is 24.6 Å². The van der Waals surface area contributed by atoms with Crippen molar-refractivity contribution in [2.45, 2.75) is 25.8 Å². The molecule has 1 aromatic carbocycles. The van der Waals surface area contributed by atoms with Gasteiger partial charge >= 0.3 is 0 Å². The fourth-order valence-electron chi connectivity index (χ4n) is 3.75. The Morgan fingerprint density at radius 1 is 1.23 bits per heavy atom. The average Bonchev–Trinajstić information content (AvgIpc) is 2.68. The van der Waals surface area contributed by atoms with E-state index in [9.17, 15) is 4.79 Å². The molecule has 2 aliphatic rings. The molecule has 0 unspecified atom stereocenters. The number of nitrogens with zero attached hydrogens (tertiary/aromatic N) is 2. The molecule has 6 heteroatoms. The van der Waals surface area contributed by atoms with E-state index in [4.69, 9.17) is 9.47 Å². The summed E-state index contributed by atoms with van der Waals surface area (Å²) in [4.78, 5) is 17.4. The lowest BCUT2D eigenvalue weighted by molar-refractivity contribution is 0.0892. The van der Waals surface area contributed by atoms with Gasteiger partial charge in [-0.25, -0.2) is 0 Å². The van der Waals surface area contributed by atoms with Crippen LogP contribution in [0.3, 0.4) is 0 Å². The van der Waals surface area contributed by atoms with E-state index in [0.29, 0.717) is 0 Å². The van der Waals surface area contributed by atoms with Gasteiger partial charge in [0, 0.05) is 57.1 Å². The molecule has 0 atom stereocenters. The van der Waals surface area contributed by atoms with Crippen molar-refractivity contribution >= 4 is 11.6 Å². The van der Waals surface area contributed by atoms with Gasteiger partial charge in [-0.2, -0.15) is 0 Å². The number of hydrogen-bond acceptors (Lipinski definition) is 5. The number of carbonyl (C=O) groups is 1. The summed E-state index contributed by atoms with van der Waals surface area (Å²) in [6, 6.07) is 6.29. The highest BCUT2D eigenvalue weighted by atomic mass is 16.5. The summed E-state index contributed by atoms with van der Waals surface area (Å²) >= 11 is 0. The van der Waals surface area contributed by atoms with Crippen molar-refractivity contribution in [3.05, 3.63) is 29.3 Å². The molecule has 0 spiro atoms. The maximum atomic E-state index is 12.6. The van der Waals surface area contributed by atoms with E-state index >= 15 is 0 Å². The highest BCUT2D eigenvalue weighted by Crippen LogP contribution is 2.22. The Morgan fingerprint density at radius 2 is 1.96 bits per heavy atom. The quantitative estimate of drug-likeness (QED) is 0.835. The number of aryl methyl sites for hydroxylation is 1. The number of piperidine rings is 1. The maximum absolute atomic E-state index is 12.6. The largest absolute Gasteiger partial charge is 0.383 e. The lowest BCUT2D eigenvalue weighted by atomic mass is 10.0. The predicted octanol–water partition coefficient (Wildman–Crippen LogP) is 1.67. The first-order chi connectivity index (χ1) is 12.7. The van der Waals surface area contributed by atoms with Crippen LogP contribution in [0.4, 0.5) is 5.69 Å². The van der Waals surface area contributed by atoms with Crippen molar-refractivity contribution in [2.75, 3.05) is 64.6 Å². The van der Waals surface area contributed by atoms with Gasteiger partial charge in [0.15, 0.2) is 0 Å². The van der Waals surface area contributed by atoms with E-state index < -0.39 is 0 Å². The summed E-state index contributed by atoms with van der Waals surface area (Å²) in [5.41, 5.74) is 3.10. The molecule has 144 valence electrons. The van der Waals surface area contributed by atoms with Gasteiger partial charge in [0.05, 0.1) is 19.8 Å². The Kier molecular flexibility index (Phi) is 6.88. The highest BCUT2D eigenvalue weighted by molar-refractivity contribution is 5.95. The SMILES string of the molecule is COCCN1CCC(NC(=O)c2ccc(N3CCOCC3)c(C)c2)CC1. The lowest BCUT2D eigenvalue weighted by Gasteiger charge is -2.32. The van der Waals surface area contributed by atoms with Gasteiger partial charge in [0.25, 0.3) is 5.91 Å². The van der Waals surface area contributed by atoms with E-state index in [2.05, 4.69) is 28.1 Å². The van der Waals surface area contributed by atoms with Gasteiger partial charge in [-0.05, 0) is 43.5 Å². The van der Waals surface area contributed by atoms with Crippen molar-refractivity contribution in [3.8, 4) is 0 Å². The fourth-order valence-corrected chi connectivity index (χ4v) is 3.75.